The summed E-state index contributed by atoms with van der Waals surface area (Å²) < 4.78 is 33.1. The Hall–Kier alpha value is -1.90. The van der Waals surface area contributed by atoms with Crippen LogP contribution in [0.3, 0.4) is 0 Å². The van der Waals surface area contributed by atoms with Gasteiger partial charge in [-0.15, -0.1) is 0 Å². The van der Waals surface area contributed by atoms with Crippen molar-refractivity contribution in [1.82, 2.24) is 9.62 Å². The molecule has 1 amide bonds. The number of nitrogens with one attached hydrogen (secondary N) is 1. The summed E-state index contributed by atoms with van der Waals surface area (Å²) in [5.41, 5.74) is 0.962. The Morgan fingerprint density at radius 1 is 1.18 bits per heavy atom. The predicted molar refractivity (Wildman–Crippen MR) is 110 cm³/mol. The van der Waals surface area contributed by atoms with Crippen LogP contribution in [0, 0.1) is 5.92 Å². The SMILES string of the molecule is COc1ccc(CNC(=O)C2CCCN(S(=O)(=O)c3ccc(Br)cc3)C2)cc1. The van der Waals surface area contributed by atoms with Crippen LogP contribution in [0.25, 0.3) is 0 Å². The molecule has 3 rings (SSSR count). The zero-order chi connectivity index (χ0) is 20.1. The quantitative estimate of drug-likeness (QED) is 0.708. The molecule has 150 valence electrons. The van der Waals surface area contributed by atoms with Crippen LogP contribution in [-0.4, -0.2) is 38.8 Å². The average Bonchev–Trinajstić information content (AvgIpc) is 2.72. The van der Waals surface area contributed by atoms with Gasteiger partial charge in [-0.2, -0.15) is 4.31 Å². The second kappa shape index (κ2) is 9.07. The molecule has 1 saturated heterocycles. The Kier molecular flexibility index (Phi) is 6.74. The minimum Gasteiger partial charge on any atom is -0.497 e. The summed E-state index contributed by atoms with van der Waals surface area (Å²) in [4.78, 5) is 12.8. The summed E-state index contributed by atoms with van der Waals surface area (Å²) in [6.07, 6.45) is 1.34. The van der Waals surface area contributed by atoms with Gasteiger partial charge in [-0.1, -0.05) is 28.1 Å². The maximum Gasteiger partial charge on any atom is 0.243 e. The summed E-state index contributed by atoms with van der Waals surface area (Å²) in [6, 6.07) is 14.0. The molecule has 8 heteroatoms. The van der Waals surface area contributed by atoms with Gasteiger partial charge in [0.25, 0.3) is 0 Å². The van der Waals surface area contributed by atoms with E-state index in [0.717, 1.165) is 15.8 Å². The highest BCUT2D eigenvalue weighted by molar-refractivity contribution is 9.10. The maximum absolute atomic E-state index is 12.9. The molecule has 1 unspecified atom stereocenters. The molecule has 0 spiro atoms. The van der Waals surface area contributed by atoms with Gasteiger partial charge >= 0.3 is 0 Å². The van der Waals surface area contributed by atoms with Gasteiger partial charge in [-0.05, 0) is 54.8 Å². The van der Waals surface area contributed by atoms with Crippen LogP contribution in [0.1, 0.15) is 18.4 Å². The van der Waals surface area contributed by atoms with E-state index in [0.29, 0.717) is 25.9 Å². The number of halogens is 1. The van der Waals surface area contributed by atoms with Crippen LogP contribution in [0.2, 0.25) is 0 Å². The molecule has 1 fully saturated rings. The van der Waals surface area contributed by atoms with E-state index >= 15 is 0 Å². The molecule has 1 N–H and O–H groups in total. The topological polar surface area (TPSA) is 75.7 Å². The summed E-state index contributed by atoms with van der Waals surface area (Å²) >= 11 is 3.31. The van der Waals surface area contributed by atoms with Gasteiger partial charge in [0.05, 0.1) is 17.9 Å². The van der Waals surface area contributed by atoms with Crippen molar-refractivity contribution < 1.29 is 17.9 Å². The smallest absolute Gasteiger partial charge is 0.243 e. The van der Waals surface area contributed by atoms with E-state index in [9.17, 15) is 13.2 Å². The number of hydrogen-bond acceptors (Lipinski definition) is 4. The van der Waals surface area contributed by atoms with E-state index < -0.39 is 10.0 Å². The fraction of sp³-hybridized carbons (Fsp3) is 0.350. The standard InChI is InChI=1S/C20H23BrN2O4S/c1-27-18-8-4-15(5-9-18)13-22-20(24)16-3-2-12-23(14-16)28(25,26)19-10-6-17(21)7-11-19/h4-11,16H,2-3,12-14H2,1H3,(H,22,24). The Bertz CT molecular complexity index is 914. The lowest BCUT2D eigenvalue weighted by Crippen LogP contribution is -2.45. The van der Waals surface area contributed by atoms with E-state index in [1.54, 1.807) is 31.4 Å². The molecule has 2 aromatic carbocycles. The lowest BCUT2D eigenvalue weighted by Gasteiger charge is -2.31. The molecule has 0 aromatic heterocycles. The first kappa shape index (κ1) is 20.8. The first-order valence-corrected chi connectivity index (χ1v) is 11.3. The Labute approximate surface area is 174 Å². The molecule has 1 aliphatic heterocycles. The molecule has 1 heterocycles. The van der Waals surface area contributed by atoms with Crippen LogP contribution in [0.4, 0.5) is 0 Å². The van der Waals surface area contributed by atoms with Crippen LogP contribution >= 0.6 is 15.9 Å². The summed E-state index contributed by atoms with van der Waals surface area (Å²) in [5, 5.41) is 2.92. The van der Waals surface area contributed by atoms with E-state index in [4.69, 9.17) is 4.74 Å². The van der Waals surface area contributed by atoms with Crippen LogP contribution < -0.4 is 10.1 Å². The van der Waals surface area contributed by atoms with Gasteiger partial charge in [-0.25, -0.2) is 8.42 Å². The molecule has 0 aliphatic carbocycles. The molecule has 1 atom stereocenters. The average molecular weight is 467 g/mol. The number of methoxy groups -OCH3 is 1. The monoisotopic (exact) mass is 466 g/mol. The maximum atomic E-state index is 12.9. The molecule has 28 heavy (non-hydrogen) atoms. The van der Waals surface area contributed by atoms with E-state index in [1.807, 2.05) is 24.3 Å². The molecule has 0 saturated carbocycles. The zero-order valence-electron chi connectivity index (χ0n) is 15.6. The molecule has 6 nitrogen and oxygen atoms in total. The first-order valence-electron chi connectivity index (χ1n) is 9.06. The number of benzene rings is 2. The highest BCUT2D eigenvalue weighted by Gasteiger charge is 2.33. The molecule has 0 bridgehead atoms. The van der Waals surface area contributed by atoms with Gasteiger partial charge in [-0.3, -0.25) is 4.79 Å². The lowest BCUT2D eigenvalue weighted by atomic mass is 9.99. The summed E-state index contributed by atoms with van der Waals surface area (Å²) in [5.74, 6) is 0.292. The zero-order valence-corrected chi connectivity index (χ0v) is 18.0. The van der Waals surface area contributed by atoms with Crippen LogP contribution in [-0.2, 0) is 21.4 Å². The molecular formula is C20H23BrN2O4S. The first-order chi connectivity index (χ1) is 13.4. The Morgan fingerprint density at radius 3 is 2.50 bits per heavy atom. The van der Waals surface area contributed by atoms with Crippen molar-refractivity contribution in [3.8, 4) is 5.75 Å². The lowest BCUT2D eigenvalue weighted by molar-refractivity contribution is -0.126. The fourth-order valence-electron chi connectivity index (χ4n) is 3.21. The van der Waals surface area contributed by atoms with Gasteiger partial charge in [0.1, 0.15) is 5.75 Å². The highest BCUT2D eigenvalue weighted by Crippen LogP contribution is 2.25. The van der Waals surface area contributed by atoms with Gasteiger partial charge in [0.2, 0.25) is 15.9 Å². The number of rotatable bonds is 6. The van der Waals surface area contributed by atoms with Gasteiger partial charge < -0.3 is 10.1 Å². The number of carbonyl (C=O) groups is 1. The number of piperidine rings is 1. The third kappa shape index (κ3) is 4.92. The minimum atomic E-state index is -3.60. The van der Waals surface area contributed by atoms with E-state index in [2.05, 4.69) is 21.2 Å². The number of hydrogen-bond donors (Lipinski definition) is 1. The van der Waals surface area contributed by atoms with Crippen molar-refractivity contribution in [1.29, 1.82) is 0 Å². The third-order valence-electron chi connectivity index (χ3n) is 4.83. The fourth-order valence-corrected chi connectivity index (χ4v) is 5.00. The van der Waals surface area contributed by atoms with Crippen LogP contribution in [0.15, 0.2) is 57.9 Å². The second-order valence-electron chi connectivity index (χ2n) is 6.72. The van der Waals surface area contributed by atoms with E-state index in [-0.39, 0.29) is 23.3 Å². The normalized spacial score (nSPS) is 17.9. The number of nitrogens with zero attached hydrogens (tertiary/aromatic N) is 1. The molecule has 2 aromatic rings. The van der Waals surface area contributed by atoms with Crippen LogP contribution in [0.5, 0.6) is 5.75 Å². The molecular weight excluding hydrogens is 444 g/mol. The van der Waals surface area contributed by atoms with Gasteiger partial charge in [0, 0.05) is 24.1 Å². The van der Waals surface area contributed by atoms with Crippen molar-refractivity contribution in [2.75, 3.05) is 20.2 Å². The second-order valence-corrected chi connectivity index (χ2v) is 9.58. The number of amides is 1. The third-order valence-corrected chi connectivity index (χ3v) is 7.24. The minimum absolute atomic E-state index is 0.119. The molecule has 0 radical (unpaired) electrons. The van der Waals surface area contributed by atoms with Crippen molar-refractivity contribution in [2.24, 2.45) is 5.92 Å². The van der Waals surface area contributed by atoms with Gasteiger partial charge in [0.15, 0.2) is 0 Å². The Balaban J connectivity index is 1.61. The van der Waals surface area contributed by atoms with E-state index in [1.165, 1.54) is 4.31 Å². The summed E-state index contributed by atoms with van der Waals surface area (Å²) in [7, 11) is -2.00. The van der Waals surface area contributed by atoms with Crippen molar-refractivity contribution in [2.45, 2.75) is 24.3 Å². The number of ether oxygens (including phenoxy) is 1. The van der Waals surface area contributed by atoms with Crippen molar-refractivity contribution in [3.63, 3.8) is 0 Å². The number of carbonyl (C=O) groups excluding carboxylic acids is 1. The largest absolute Gasteiger partial charge is 0.497 e. The van der Waals surface area contributed by atoms with Crippen molar-refractivity contribution in [3.05, 3.63) is 58.6 Å². The Morgan fingerprint density at radius 2 is 1.86 bits per heavy atom. The number of sulfonamides is 1. The molecule has 1 aliphatic rings. The summed E-state index contributed by atoms with van der Waals surface area (Å²) in [6.45, 7) is 1.03. The highest BCUT2D eigenvalue weighted by atomic mass is 79.9. The predicted octanol–water partition coefficient (Wildman–Crippen LogP) is 3.17. The van der Waals surface area contributed by atoms with Crippen molar-refractivity contribution >= 4 is 31.9 Å².